The highest BCUT2D eigenvalue weighted by Crippen LogP contribution is 2.33. The van der Waals surface area contributed by atoms with Crippen molar-refractivity contribution in [1.82, 2.24) is 4.90 Å². The van der Waals surface area contributed by atoms with Crippen molar-refractivity contribution in [3.05, 3.63) is 72.6 Å². The Hall–Kier alpha value is -2.05. The fourth-order valence-corrected chi connectivity index (χ4v) is 3.43. The lowest BCUT2D eigenvalue weighted by Gasteiger charge is -2.38. The summed E-state index contributed by atoms with van der Waals surface area (Å²) >= 11 is 0. The van der Waals surface area contributed by atoms with Crippen LogP contribution in [0.25, 0.3) is 0 Å². The van der Waals surface area contributed by atoms with Crippen molar-refractivity contribution in [1.29, 1.82) is 0 Å². The maximum absolute atomic E-state index is 12.3. The second-order valence-electron chi connectivity index (χ2n) is 6.65. The third-order valence-electron chi connectivity index (χ3n) is 4.81. The summed E-state index contributed by atoms with van der Waals surface area (Å²) in [5.74, 6) is -0.0837. The number of hydrogen-bond acceptors (Lipinski definition) is 3. The second kappa shape index (κ2) is 8.76. The van der Waals surface area contributed by atoms with Gasteiger partial charge in [-0.05, 0) is 49.7 Å². The zero-order valence-electron chi connectivity index (χ0n) is 15.0. The molecule has 0 amide bonds. The molecule has 0 N–H and O–H groups in total. The summed E-state index contributed by atoms with van der Waals surface area (Å²) < 4.78 is 47.2. The van der Waals surface area contributed by atoms with Crippen LogP contribution < -0.4 is 4.74 Å². The number of ether oxygens (including phenoxy) is 2. The first-order valence-corrected chi connectivity index (χ1v) is 8.97. The minimum absolute atomic E-state index is 0.0462. The molecule has 27 heavy (non-hydrogen) atoms. The predicted octanol–water partition coefficient (Wildman–Crippen LogP) is 4.79. The van der Waals surface area contributed by atoms with E-state index in [-0.39, 0.29) is 17.8 Å². The highest BCUT2D eigenvalue weighted by molar-refractivity contribution is 5.30. The molecular formula is C21H23F3NO2. The monoisotopic (exact) mass is 378 g/mol. The molecule has 0 spiro atoms. The van der Waals surface area contributed by atoms with E-state index in [0.29, 0.717) is 13.2 Å². The smallest absolute Gasteiger partial charge is 0.406 e. The van der Waals surface area contributed by atoms with Gasteiger partial charge in [0, 0.05) is 12.5 Å². The molecule has 3 nitrogen and oxygen atoms in total. The Morgan fingerprint density at radius 1 is 1.04 bits per heavy atom. The van der Waals surface area contributed by atoms with Crippen molar-refractivity contribution in [2.45, 2.75) is 31.4 Å². The van der Waals surface area contributed by atoms with Crippen LogP contribution in [0, 0.1) is 6.92 Å². The van der Waals surface area contributed by atoms with Crippen molar-refractivity contribution in [3.63, 3.8) is 0 Å². The van der Waals surface area contributed by atoms with E-state index in [9.17, 15) is 13.2 Å². The van der Waals surface area contributed by atoms with Crippen LogP contribution in [0.3, 0.4) is 0 Å². The molecule has 1 aliphatic rings. The summed E-state index contributed by atoms with van der Waals surface area (Å²) in [5, 5.41) is 0. The number of hydrogen-bond donors (Lipinski definition) is 0. The Morgan fingerprint density at radius 2 is 1.74 bits per heavy atom. The molecule has 0 saturated carbocycles. The normalized spacial score (nSPS) is 21.2. The quantitative estimate of drug-likeness (QED) is 0.721. The lowest BCUT2D eigenvalue weighted by atomic mass is 9.87. The summed E-state index contributed by atoms with van der Waals surface area (Å²) in [5.41, 5.74) is 2.06. The molecule has 3 rings (SSSR count). The van der Waals surface area contributed by atoms with Gasteiger partial charge in [0.25, 0.3) is 0 Å². The van der Waals surface area contributed by atoms with Gasteiger partial charge in [0.1, 0.15) is 5.75 Å². The van der Waals surface area contributed by atoms with Crippen LogP contribution in [0.15, 0.2) is 54.6 Å². The molecule has 1 heterocycles. The fourth-order valence-electron chi connectivity index (χ4n) is 3.43. The molecule has 1 aliphatic heterocycles. The fraction of sp³-hybridized carbons (Fsp3) is 0.381. The SMILES string of the molecule is [CH2]CN1CCC(c2ccc(OC(F)(F)F)cc2)C(OCc2ccccc2)C1. The highest BCUT2D eigenvalue weighted by Gasteiger charge is 2.32. The van der Waals surface area contributed by atoms with E-state index in [2.05, 4.69) is 16.6 Å². The molecule has 2 aromatic carbocycles. The number of rotatable bonds is 6. The van der Waals surface area contributed by atoms with E-state index in [1.165, 1.54) is 12.1 Å². The van der Waals surface area contributed by atoms with Gasteiger partial charge in [0.2, 0.25) is 0 Å². The maximum atomic E-state index is 12.3. The van der Waals surface area contributed by atoms with Crippen molar-refractivity contribution in [2.24, 2.45) is 0 Å². The molecule has 2 atom stereocenters. The molecule has 0 bridgehead atoms. The summed E-state index contributed by atoms with van der Waals surface area (Å²) in [6, 6.07) is 16.1. The van der Waals surface area contributed by atoms with E-state index < -0.39 is 6.36 Å². The van der Waals surface area contributed by atoms with Crippen molar-refractivity contribution >= 4 is 0 Å². The highest BCUT2D eigenvalue weighted by atomic mass is 19.4. The van der Waals surface area contributed by atoms with Crippen LogP contribution in [-0.2, 0) is 11.3 Å². The van der Waals surface area contributed by atoms with E-state index in [0.717, 1.165) is 30.6 Å². The summed E-state index contributed by atoms with van der Waals surface area (Å²) in [7, 11) is 0. The van der Waals surface area contributed by atoms with Crippen molar-refractivity contribution in [2.75, 3.05) is 19.6 Å². The van der Waals surface area contributed by atoms with Crippen LogP contribution in [-0.4, -0.2) is 37.0 Å². The number of benzene rings is 2. The van der Waals surface area contributed by atoms with Crippen molar-refractivity contribution in [3.8, 4) is 5.75 Å². The van der Waals surface area contributed by atoms with Crippen molar-refractivity contribution < 1.29 is 22.6 Å². The average molecular weight is 378 g/mol. The second-order valence-corrected chi connectivity index (χ2v) is 6.65. The maximum Gasteiger partial charge on any atom is 0.573 e. The molecule has 2 aromatic rings. The Bertz CT molecular complexity index is 704. The first kappa shape index (κ1) is 19.7. The minimum atomic E-state index is -4.68. The standard InChI is InChI=1S/C21H23F3NO2/c1-2-25-13-12-19(17-8-10-18(11-9-17)27-21(22,23)24)20(14-25)26-15-16-6-4-3-5-7-16/h3-11,19-20H,1-2,12-15H2. The summed E-state index contributed by atoms with van der Waals surface area (Å²) in [6.07, 6.45) is -3.85. The Morgan fingerprint density at radius 3 is 2.37 bits per heavy atom. The number of halogens is 3. The third kappa shape index (κ3) is 5.71. The molecule has 1 saturated heterocycles. The summed E-state index contributed by atoms with van der Waals surface area (Å²) in [4.78, 5) is 2.23. The Balaban J connectivity index is 1.70. The number of alkyl halides is 3. The van der Waals surface area contributed by atoms with Gasteiger partial charge in [-0.2, -0.15) is 0 Å². The lowest BCUT2D eigenvalue weighted by molar-refractivity contribution is -0.274. The van der Waals surface area contributed by atoms with Gasteiger partial charge in [-0.1, -0.05) is 42.5 Å². The van der Waals surface area contributed by atoms with Gasteiger partial charge in [0.05, 0.1) is 12.7 Å². The molecule has 1 radical (unpaired) electrons. The Labute approximate surface area is 157 Å². The molecular weight excluding hydrogens is 355 g/mol. The van der Waals surface area contributed by atoms with Gasteiger partial charge in [-0.25, -0.2) is 0 Å². The lowest BCUT2D eigenvalue weighted by Crippen LogP contribution is -2.44. The zero-order valence-corrected chi connectivity index (χ0v) is 15.0. The largest absolute Gasteiger partial charge is 0.573 e. The first-order valence-electron chi connectivity index (χ1n) is 8.97. The van der Waals surface area contributed by atoms with Gasteiger partial charge in [-0.15, -0.1) is 13.2 Å². The minimum Gasteiger partial charge on any atom is -0.406 e. The van der Waals surface area contributed by atoms with Crippen LogP contribution in [0.5, 0.6) is 5.75 Å². The van der Waals surface area contributed by atoms with E-state index in [1.54, 1.807) is 12.1 Å². The van der Waals surface area contributed by atoms with Gasteiger partial charge >= 0.3 is 6.36 Å². The predicted molar refractivity (Wildman–Crippen MR) is 97.3 cm³/mol. The number of piperidine rings is 1. The zero-order chi connectivity index (χ0) is 19.3. The van der Waals surface area contributed by atoms with Gasteiger partial charge < -0.3 is 14.4 Å². The van der Waals surface area contributed by atoms with Gasteiger partial charge in [0.15, 0.2) is 0 Å². The van der Waals surface area contributed by atoms with E-state index >= 15 is 0 Å². The third-order valence-corrected chi connectivity index (χ3v) is 4.81. The molecule has 2 unspecified atom stereocenters. The molecule has 0 aliphatic carbocycles. The van der Waals surface area contributed by atoms with Crippen LogP contribution in [0.1, 0.15) is 23.5 Å². The van der Waals surface area contributed by atoms with Gasteiger partial charge in [-0.3, -0.25) is 0 Å². The molecule has 6 heteroatoms. The van der Waals surface area contributed by atoms with Crippen LogP contribution >= 0.6 is 0 Å². The first-order chi connectivity index (χ1) is 12.9. The van der Waals surface area contributed by atoms with Crippen LogP contribution in [0.2, 0.25) is 0 Å². The molecule has 0 aromatic heterocycles. The molecule has 1 fully saturated rings. The average Bonchev–Trinajstić information content (AvgIpc) is 2.66. The topological polar surface area (TPSA) is 21.7 Å². The van der Waals surface area contributed by atoms with Crippen LogP contribution in [0.4, 0.5) is 13.2 Å². The number of nitrogens with zero attached hydrogens (tertiary/aromatic N) is 1. The van der Waals surface area contributed by atoms with E-state index in [1.807, 2.05) is 30.3 Å². The van der Waals surface area contributed by atoms with E-state index in [4.69, 9.17) is 4.74 Å². The molecule has 145 valence electrons. The summed E-state index contributed by atoms with van der Waals surface area (Å²) in [6.45, 7) is 6.80. The number of likely N-dealkylation sites (tertiary alicyclic amines) is 1. The Kier molecular flexibility index (Phi) is 6.39.